The topological polar surface area (TPSA) is 146 Å². The summed E-state index contributed by atoms with van der Waals surface area (Å²) in [6, 6.07) is -1.11. The lowest BCUT2D eigenvalue weighted by molar-refractivity contribution is -0.227. The SMILES string of the molecule is CC(=O)NC1C(NC(=O)CCl)OC(COC(C)=O)C(OC(C)=O)C1OC(C)=O. The van der Waals surface area contributed by atoms with Crippen molar-refractivity contribution < 1.29 is 42.9 Å². The minimum Gasteiger partial charge on any atom is -0.463 e. The van der Waals surface area contributed by atoms with Gasteiger partial charge in [-0.15, -0.1) is 11.6 Å². The molecule has 0 aromatic carbocycles. The van der Waals surface area contributed by atoms with Crippen LogP contribution in [0.15, 0.2) is 0 Å². The lowest BCUT2D eigenvalue weighted by atomic mass is 9.95. The second-order valence-corrected chi connectivity index (χ2v) is 6.24. The summed E-state index contributed by atoms with van der Waals surface area (Å²) in [6.07, 6.45) is -4.75. The van der Waals surface area contributed by atoms with Gasteiger partial charge in [-0.3, -0.25) is 24.0 Å². The molecular formula is C16H23ClN2O9. The molecule has 2 amide bonds. The van der Waals surface area contributed by atoms with Gasteiger partial charge in [0.15, 0.2) is 18.4 Å². The van der Waals surface area contributed by atoms with Crippen molar-refractivity contribution >= 4 is 41.3 Å². The second kappa shape index (κ2) is 10.8. The Kier molecular flexibility index (Phi) is 9.13. The Morgan fingerprint density at radius 2 is 1.46 bits per heavy atom. The third-order valence-corrected chi connectivity index (χ3v) is 3.78. The van der Waals surface area contributed by atoms with Gasteiger partial charge < -0.3 is 29.6 Å². The van der Waals surface area contributed by atoms with E-state index in [4.69, 9.17) is 30.5 Å². The van der Waals surface area contributed by atoms with E-state index in [9.17, 15) is 24.0 Å². The van der Waals surface area contributed by atoms with E-state index in [1.54, 1.807) is 0 Å². The Morgan fingerprint density at radius 1 is 0.893 bits per heavy atom. The van der Waals surface area contributed by atoms with Crippen molar-refractivity contribution in [3.05, 3.63) is 0 Å². The molecule has 12 heteroatoms. The number of carbonyl (C=O) groups excluding carboxylic acids is 5. The molecule has 11 nitrogen and oxygen atoms in total. The van der Waals surface area contributed by atoms with Gasteiger partial charge >= 0.3 is 17.9 Å². The predicted octanol–water partition coefficient (Wildman–Crippen LogP) is -1.00. The van der Waals surface area contributed by atoms with Crippen molar-refractivity contribution in [2.45, 2.75) is 58.3 Å². The zero-order valence-electron chi connectivity index (χ0n) is 15.9. The molecule has 0 saturated carbocycles. The van der Waals surface area contributed by atoms with E-state index in [2.05, 4.69) is 10.6 Å². The zero-order valence-corrected chi connectivity index (χ0v) is 16.6. The molecule has 1 heterocycles. The summed E-state index contributed by atoms with van der Waals surface area (Å²) in [4.78, 5) is 57.8. The predicted molar refractivity (Wildman–Crippen MR) is 92.9 cm³/mol. The van der Waals surface area contributed by atoms with Gasteiger partial charge in [0.2, 0.25) is 11.8 Å². The number of hydrogen-bond donors (Lipinski definition) is 2. The average Bonchev–Trinajstić information content (AvgIpc) is 2.57. The van der Waals surface area contributed by atoms with Crippen LogP contribution in [-0.4, -0.2) is 72.8 Å². The van der Waals surface area contributed by atoms with E-state index in [-0.39, 0.29) is 6.61 Å². The summed E-state index contributed by atoms with van der Waals surface area (Å²) in [7, 11) is 0. The molecule has 0 aromatic heterocycles. The Labute approximate surface area is 166 Å². The van der Waals surface area contributed by atoms with Crippen LogP contribution >= 0.6 is 11.6 Å². The van der Waals surface area contributed by atoms with Gasteiger partial charge in [-0.1, -0.05) is 0 Å². The molecular weight excluding hydrogens is 400 g/mol. The maximum absolute atomic E-state index is 11.8. The number of alkyl halides is 1. The third kappa shape index (κ3) is 7.31. The van der Waals surface area contributed by atoms with Gasteiger partial charge in [0.25, 0.3) is 0 Å². The largest absolute Gasteiger partial charge is 0.463 e. The maximum atomic E-state index is 11.8. The maximum Gasteiger partial charge on any atom is 0.303 e. The number of nitrogens with one attached hydrogen (secondary N) is 2. The highest BCUT2D eigenvalue weighted by molar-refractivity contribution is 6.27. The molecule has 1 aliphatic rings. The van der Waals surface area contributed by atoms with Crippen LogP contribution in [-0.2, 0) is 42.9 Å². The fraction of sp³-hybridized carbons (Fsp3) is 0.688. The van der Waals surface area contributed by atoms with Crippen LogP contribution in [0.5, 0.6) is 0 Å². The molecule has 0 radical (unpaired) electrons. The van der Waals surface area contributed by atoms with Crippen molar-refractivity contribution in [2.75, 3.05) is 12.5 Å². The van der Waals surface area contributed by atoms with E-state index in [0.717, 1.165) is 13.8 Å². The first-order chi connectivity index (χ1) is 13.0. The Bertz CT molecular complexity index is 627. The molecule has 158 valence electrons. The lowest BCUT2D eigenvalue weighted by Gasteiger charge is -2.45. The molecule has 1 aliphatic heterocycles. The molecule has 5 unspecified atom stereocenters. The highest BCUT2D eigenvalue weighted by Gasteiger charge is 2.51. The Balaban J connectivity index is 3.30. The lowest BCUT2D eigenvalue weighted by Crippen LogP contribution is -2.69. The Hall–Kier alpha value is -2.40. The Morgan fingerprint density at radius 3 is 1.93 bits per heavy atom. The summed E-state index contributed by atoms with van der Waals surface area (Å²) in [6.45, 7) is 4.27. The molecule has 0 aliphatic carbocycles. The minimum absolute atomic E-state index is 0.356. The molecule has 1 fully saturated rings. The van der Waals surface area contributed by atoms with Gasteiger partial charge in [-0.2, -0.15) is 0 Å². The summed E-state index contributed by atoms with van der Waals surface area (Å²) >= 11 is 5.50. The van der Waals surface area contributed by atoms with Crippen LogP contribution in [0.25, 0.3) is 0 Å². The molecule has 1 saturated heterocycles. The average molecular weight is 423 g/mol. The fourth-order valence-corrected chi connectivity index (χ4v) is 2.73. The van der Waals surface area contributed by atoms with Gasteiger partial charge in [-0.05, 0) is 0 Å². The van der Waals surface area contributed by atoms with Crippen LogP contribution < -0.4 is 10.6 Å². The van der Waals surface area contributed by atoms with Crippen molar-refractivity contribution in [2.24, 2.45) is 0 Å². The van der Waals surface area contributed by atoms with Crippen molar-refractivity contribution in [3.63, 3.8) is 0 Å². The molecule has 5 atom stereocenters. The van der Waals surface area contributed by atoms with E-state index in [1.807, 2.05) is 0 Å². The van der Waals surface area contributed by atoms with Crippen LogP contribution in [0.2, 0.25) is 0 Å². The van der Waals surface area contributed by atoms with E-state index in [1.165, 1.54) is 13.8 Å². The second-order valence-electron chi connectivity index (χ2n) is 5.97. The highest BCUT2D eigenvalue weighted by Crippen LogP contribution is 2.26. The number of halogens is 1. The number of rotatable bonds is 7. The minimum atomic E-state index is -1.24. The third-order valence-electron chi connectivity index (χ3n) is 3.54. The highest BCUT2D eigenvalue weighted by atomic mass is 35.5. The molecule has 0 bridgehead atoms. The van der Waals surface area contributed by atoms with Crippen LogP contribution in [0, 0.1) is 0 Å². The zero-order chi connectivity index (χ0) is 21.4. The smallest absolute Gasteiger partial charge is 0.303 e. The molecule has 0 spiro atoms. The number of amides is 2. The van der Waals surface area contributed by atoms with Gasteiger partial charge in [-0.25, -0.2) is 0 Å². The van der Waals surface area contributed by atoms with Crippen molar-refractivity contribution in [1.29, 1.82) is 0 Å². The van der Waals surface area contributed by atoms with Gasteiger partial charge in [0, 0.05) is 27.7 Å². The monoisotopic (exact) mass is 422 g/mol. The summed E-state index contributed by atoms with van der Waals surface area (Å²) in [5, 5.41) is 4.95. The van der Waals surface area contributed by atoms with E-state index in [0.29, 0.717) is 0 Å². The number of hydrogen-bond acceptors (Lipinski definition) is 9. The van der Waals surface area contributed by atoms with Crippen LogP contribution in [0.1, 0.15) is 27.7 Å². The summed E-state index contributed by atoms with van der Waals surface area (Å²) in [5.74, 6) is -3.61. The van der Waals surface area contributed by atoms with Crippen molar-refractivity contribution in [3.8, 4) is 0 Å². The number of esters is 3. The fourth-order valence-electron chi connectivity index (χ4n) is 2.65. The van der Waals surface area contributed by atoms with Gasteiger partial charge in [0.05, 0.1) is 0 Å². The number of carbonyl (C=O) groups is 5. The number of ether oxygens (including phenoxy) is 4. The van der Waals surface area contributed by atoms with E-state index < -0.39 is 66.2 Å². The summed E-state index contributed by atoms with van der Waals surface area (Å²) in [5.41, 5.74) is 0. The first-order valence-electron chi connectivity index (χ1n) is 8.30. The first kappa shape index (κ1) is 23.6. The van der Waals surface area contributed by atoms with Crippen LogP contribution in [0.4, 0.5) is 0 Å². The summed E-state index contributed by atoms with van der Waals surface area (Å²) < 4.78 is 21.1. The van der Waals surface area contributed by atoms with Crippen molar-refractivity contribution in [1.82, 2.24) is 10.6 Å². The standard InChI is InChI=1S/C16H23ClN2O9/c1-7(20)18-13-15(27-10(4)23)14(26-9(3)22)11(6-25-8(2)21)28-16(13)19-12(24)5-17/h11,13-16H,5-6H2,1-4H3,(H,18,20)(H,19,24). The quantitative estimate of drug-likeness (QED) is 0.299. The molecule has 2 N–H and O–H groups in total. The molecule has 0 aromatic rings. The van der Waals surface area contributed by atoms with Gasteiger partial charge in [0.1, 0.15) is 24.6 Å². The first-order valence-corrected chi connectivity index (χ1v) is 8.84. The molecule has 28 heavy (non-hydrogen) atoms. The molecule has 1 rings (SSSR count). The van der Waals surface area contributed by atoms with Crippen LogP contribution in [0.3, 0.4) is 0 Å². The normalized spacial score (nSPS) is 26.5. The van der Waals surface area contributed by atoms with E-state index >= 15 is 0 Å².